The van der Waals surface area contributed by atoms with E-state index in [0.29, 0.717) is 19.3 Å². The molecular weight excluding hydrogens is 835 g/mol. The van der Waals surface area contributed by atoms with Crippen LogP contribution >= 0.6 is 0 Å². The standard InChI is InChI=1S/C59H105NO7/c1-6-8-10-12-14-16-18-20-22-24-26-28-29-30-32-33-35-37-39-41-43-45-47-49-57(61)66-54-55(53-65-52-51-56(59(63)64)60(3,4)5)67-58(62)50-48-46-44-42-40-38-36-34-31-27-25-23-21-19-17-15-13-11-9-7-2/h9,11,15,17,21,23,27,31,36,38,55-56H,6-8,10,12-14,16,18-20,22,24-26,28-30,32-35,37,39-54H2,1-5H3/p+1/b11-9+,17-15+,23-21+,31-27+,38-36+. The molecule has 0 bridgehead atoms. The van der Waals surface area contributed by atoms with Crippen molar-refractivity contribution in [1.29, 1.82) is 0 Å². The van der Waals surface area contributed by atoms with Crippen LogP contribution in [-0.2, 0) is 28.6 Å². The van der Waals surface area contributed by atoms with Gasteiger partial charge in [0.05, 0.1) is 34.4 Å². The highest BCUT2D eigenvalue weighted by Gasteiger charge is 2.31. The number of carboxylic acids is 1. The van der Waals surface area contributed by atoms with E-state index in [-0.39, 0.29) is 36.2 Å². The lowest BCUT2D eigenvalue weighted by Crippen LogP contribution is -2.50. The minimum atomic E-state index is -0.878. The second-order valence-corrected chi connectivity index (χ2v) is 19.8. The number of unbranched alkanes of at least 4 members (excludes halogenated alkanes) is 26. The van der Waals surface area contributed by atoms with Crippen LogP contribution < -0.4 is 0 Å². The summed E-state index contributed by atoms with van der Waals surface area (Å²) in [5.74, 6) is -1.49. The first-order valence-corrected chi connectivity index (χ1v) is 27.8. The zero-order valence-electron chi connectivity index (χ0n) is 44.3. The Morgan fingerprint density at radius 3 is 1.24 bits per heavy atom. The number of allylic oxidation sites excluding steroid dienone is 10. The molecule has 388 valence electrons. The maximum Gasteiger partial charge on any atom is 0.362 e. The van der Waals surface area contributed by atoms with E-state index in [1.807, 2.05) is 21.1 Å². The molecule has 0 saturated carbocycles. The lowest BCUT2D eigenvalue weighted by Gasteiger charge is -2.31. The second kappa shape index (κ2) is 49.5. The van der Waals surface area contributed by atoms with Gasteiger partial charge in [-0.1, -0.05) is 229 Å². The van der Waals surface area contributed by atoms with Crippen molar-refractivity contribution >= 4 is 17.9 Å². The quantitative estimate of drug-likeness (QED) is 0.0281. The number of hydrogen-bond acceptors (Lipinski definition) is 6. The van der Waals surface area contributed by atoms with Gasteiger partial charge in [-0.05, 0) is 57.8 Å². The number of aliphatic carboxylic acids is 1. The van der Waals surface area contributed by atoms with Gasteiger partial charge in [0.2, 0.25) is 0 Å². The summed E-state index contributed by atoms with van der Waals surface area (Å²) in [4.78, 5) is 37.2. The van der Waals surface area contributed by atoms with E-state index in [9.17, 15) is 19.5 Å². The number of likely N-dealkylation sites (N-methyl/N-ethyl adjacent to an activating group) is 1. The van der Waals surface area contributed by atoms with Crippen LogP contribution in [0, 0.1) is 0 Å². The first-order valence-electron chi connectivity index (χ1n) is 27.8. The van der Waals surface area contributed by atoms with Gasteiger partial charge in [0.25, 0.3) is 0 Å². The van der Waals surface area contributed by atoms with E-state index >= 15 is 0 Å². The van der Waals surface area contributed by atoms with Crippen molar-refractivity contribution in [2.75, 3.05) is 41.0 Å². The van der Waals surface area contributed by atoms with Crippen molar-refractivity contribution in [3.63, 3.8) is 0 Å². The Balaban J connectivity index is 4.21. The first-order chi connectivity index (χ1) is 32.6. The van der Waals surface area contributed by atoms with Crippen LogP contribution in [0.4, 0.5) is 0 Å². The number of carbonyl (C=O) groups excluding carboxylic acids is 2. The molecule has 0 aromatic heterocycles. The predicted molar refractivity (Wildman–Crippen MR) is 284 cm³/mol. The van der Waals surface area contributed by atoms with Gasteiger partial charge in [-0.3, -0.25) is 9.59 Å². The van der Waals surface area contributed by atoms with Gasteiger partial charge in [-0.2, -0.15) is 0 Å². The highest BCUT2D eigenvalue weighted by atomic mass is 16.6. The van der Waals surface area contributed by atoms with Crippen LogP contribution in [0.5, 0.6) is 0 Å². The number of rotatable bonds is 50. The third kappa shape index (κ3) is 47.9. The summed E-state index contributed by atoms with van der Waals surface area (Å²) in [5, 5.41) is 9.67. The molecule has 2 atom stereocenters. The molecule has 0 aliphatic rings. The molecule has 0 heterocycles. The summed E-state index contributed by atoms with van der Waals surface area (Å²) < 4.78 is 17.4. The topological polar surface area (TPSA) is 99.1 Å². The van der Waals surface area contributed by atoms with Gasteiger partial charge in [-0.25, -0.2) is 4.79 Å². The third-order valence-corrected chi connectivity index (χ3v) is 12.4. The van der Waals surface area contributed by atoms with Gasteiger partial charge < -0.3 is 23.8 Å². The Bertz CT molecular complexity index is 1280. The molecule has 0 saturated heterocycles. The molecular formula is C59H106NO7+. The van der Waals surface area contributed by atoms with Gasteiger partial charge >= 0.3 is 17.9 Å². The van der Waals surface area contributed by atoms with Crippen molar-refractivity contribution < 1.29 is 38.2 Å². The summed E-state index contributed by atoms with van der Waals surface area (Å²) in [5.41, 5.74) is 0. The maximum atomic E-state index is 12.8. The molecule has 0 aromatic carbocycles. The van der Waals surface area contributed by atoms with E-state index in [1.54, 1.807) is 0 Å². The van der Waals surface area contributed by atoms with Crippen LogP contribution in [0.1, 0.15) is 245 Å². The fourth-order valence-corrected chi connectivity index (χ4v) is 8.18. The Morgan fingerprint density at radius 1 is 0.463 bits per heavy atom. The molecule has 0 rings (SSSR count). The monoisotopic (exact) mass is 941 g/mol. The largest absolute Gasteiger partial charge is 0.477 e. The van der Waals surface area contributed by atoms with Gasteiger partial charge in [0.1, 0.15) is 6.61 Å². The number of carboxylic acid groups (broad SMARTS) is 1. The molecule has 1 N–H and O–H groups in total. The maximum absolute atomic E-state index is 12.8. The van der Waals surface area contributed by atoms with E-state index < -0.39 is 18.1 Å². The molecule has 0 fully saturated rings. The second-order valence-electron chi connectivity index (χ2n) is 19.8. The van der Waals surface area contributed by atoms with Crippen LogP contribution in [0.2, 0.25) is 0 Å². The number of nitrogens with zero attached hydrogens (tertiary/aromatic N) is 1. The molecule has 0 spiro atoms. The summed E-state index contributed by atoms with van der Waals surface area (Å²) >= 11 is 0. The van der Waals surface area contributed by atoms with Crippen molar-refractivity contribution in [2.45, 2.75) is 257 Å². The molecule has 8 heteroatoms. The average Bonchev–Trinajstić information content (AvgIpc) is 3.29. The normalized spacial score (nSPS) is 13.3. The van der Waals surface area contributed by atoms with Gasteiger partial charge in [-0.15, -0.1) is 0 Å². The molecule has 67 heavy (non-hydrogen) atoms. The minimum absolute atomic E-state index is 0.0508. The molecule has 2 unspecified atom stereocenters. The first kappa shape index (κ1) is 64.0. The highest BCUT2D eigenvalue weighted by molar-refractivity contribution is 5.72. The van der Waals surface area contributed by atoms with Crippen molar-refractivity contribution in [2.24, 2.45) is 0 Å². The molecule has 8 nitrogen and oxygen atoms in total. The van der Waals surface area contributed by atoms with E-state index in [0.717, 1.165) is 83.5 Å². The van der Waals surface area contributed by atoms with E-state index in [1.165, 1.54) is 128 Å². The Morgan fingerprint density at radius 2 is 0.836 bits per heavy atom. The van der Waals surface area contributed by atoms with E-state index in [4.69, 9.17) is 14.2 Å². The fourth-order valence-electron chi connectivity index (χ4n) is 8.18. The van der Waals surface area contributed by atoms with Crippen molar-refractivity contribution in [3.8, 4) is 0 Å². The van der Waals surface area contributed by atoms with Crippen LogP contribution in [0.15, 0.2) is 60.8 Å². The third-order valence-electron chi connectivity index (χ3n) is 12.4. The number of quaternary nitrogens is 1. The molecule has 0 radical (unpaired) electrons. The van der Waals surface area contributed by atoms with Crippen LogP contribution in [0.3, 0.4) is 0 Å². The zero-order chi connectivity index (χ0) is 49.2. The fraction of sp³-hybridized carbons (Fsp3) is 0.780. The van der Waals surface area contributed by atoms with Gasteiger partial charge in [0.15, 0.2) is 12.1 Å². The van der Waals surface area contributed by atoms with E-state index in [2.05, 4.69) is 74.6 Å². The Labute approximate surface area is 413 Å². The Kier molecular flexibility index (Phi) is 47.3. The summed E-state index contributed by atoms with van der Waals surface area (Å²) in [6.45, 7) is 4.63. The zero-order valence-corrected chi connectivity index (χ0v) is 44.3. The summed E-state index contributed by atoms with van der Waals surface area (Å²) in [7, 11) is 5.53. The molecule has 0 aromatic rings. The molecule has 0 aliphatic carbocycles. The lowest BCUT2D eigenvalue weighted by molar-refractivity contribution is -0.887. The average molecular weight is 941 g/mol. The smallest absolute Gasteiger partial charge is 0.362 e. The molecule has 0 aliphatic heterocycles. The minimum Gasteiger partial charge on any atom is -0.477 e. The lowest BCUT2D eigenvalue weighted by atomic mass is 10.0. The highest BCUT2D eigenvalue weighted by Crippen LogP contribution is 2.17. The van der Waals surface area contributed by atoms with Crippen molar-refractivity contribution in [1.82, 2.24) is 0 Å². The Hall–Kier alpha value is -2.97. The number of hydrogen-bond donors (Lipinski definition) is 1. The predicted octanol–water partition coefficient (Wildman–Crippen LogP) is 16.5. The summed E-state index contributed by atoms with van der Waals surface area (Å²) in [6.07, 6.45) is 62.8. The SMILES string of the molecule is CC/C=C/C/C=C/C/C=C/C/C=C/C/C=C/CCCCCCC(=O)OC(COCCC(C(=O)O)[N+](C)(C)C)COC(=O)CCCCCCCCCCCCCCCCCCCCCCCCC. The number of ether oxygens (including phenoxy) is 3. The van der Waals surface area contributed by atoms with Gasteiger partial charge in [0, 0.05) is 19.3 Å². The molecule has 0 amide bonds. The van der Waals surface area contributed by atoms with Crippen molar-refractivity contribution in [3.05, 3.63) is 60.8 Å². The van der Waals surface area contributed by atoms with Crippen LogP contribution in [-0.4, -0.2) is 80.6 Å². The summed E-state index contributed by atoms with van der Waals surface area (Å²) in [6, 6.07) is -0.622. The number of carbonyl (C=O) groups is 3. The number of esters is 2. The van der Waals surface area contributed by atoms with Crippen LogP contribution in [0.25, 0.3) is 0 Å².